The number of alkyl halides is 3. The average Bonchev–Trinajstić information content (AvgIpc) is 3.57. The highest BCUT2D eigenvalue weighted by atomic mass is 19.4. The number of likely N-dealkylation sites (tertiary alicyclic amines) is 1. The van der Waals surface area contributed by atoms with Gasteiger partial charge in [0.05, 0.1) is 12.2 Å². The van der Waals surface area contributed by atoms with E-state index in [0.717, 1.165) is 25.9 Å². The van der Waals surface area contributed by atoms with Gasteiger partial charge in [-0.05, 0) is 69.1 Å². The summed E-state index contributed by atoms with van der Waals surface area (Å²) in [6.07, 6.45) is 0.510. The number of rotatable bonds is 6. The van der Waals surface area contributed by atoms with Crippen LogP contribution in [-0.4, -0.2) is 45.1 Å². The van der Waals surface area contributed by atoms with Crippen LogP contribution in [0.3, 0.4) is 0 Å². The van der Waals surface area contributed by atoms with Crippen molar-refractivity contribution >= 4 is 11.6 Å². The topological polar surface area (TPSA) is 75.4 Å². The zero-order chi connectivity index (χ0) is 24.6. The summed E-state index contributed by atoms with van der Waals surface area (Å²) < 4.78 is 56.4. The van der Waals surface area contributed by atoms with Crippen molar-refractivity contribution in [1.82, 2.24) is 20.0 Å². The van der Waals surface area contributed by atoms with Crippen molar-refractivity contribution in [2.75, 3.05) is 18.0 Å². The van der Waals surface area contributed by atoms with E-state index in [1.54, 1.807) is 18.2 Å². The standard InChI is InChI=1S/C24H23F4N5O2/c25-17-2-1-3-20(12-17)33(22(34)15-8-10-32(11-9-15)19-6-7-19)14-18-5-4-16(13-29-18)21-30-23(35-31-21)24(26,27)28/h1-5,12-13,15,19H,6-11,14H2. The van der Waals surface area contributed by atoms with Crippen molar-refractivity contribution in [3.05, 3.63) is 60.0 Å². The Balaban J connectivity index is 1.33. The van der Waals surface area contributed by atoms with Gasteiger partial charge in [0.25, 0.3) is 0 Å². The smallest absolute Gasteiger partial charge is 0.329 e. The number of halogens is 4. The molecule has 11 heteroatoms. The van der Waals surface area contributed by atoms with E-state index in [1.165, 1.54) is 42.1 Å². The minimum atomic E-state index is -4.74. The Morgan fingerprint density at radius 3 is 2.49 bits per heavy atom. The van der Waals surface area contributed by atoms with Crippen LogP contribution >= 0.6 is 0 Å². The quantitative estimate of drug-likeness (QED) is 0.468. The first-order chi connectivity index (χ1) is 16.8. The first-order valence-electron chi connectivity index (χ1n) is 11.4. The van der Waals surface area contributed by atoms with E-state index < -0.39 is 17.9 Å². The second kappa shape index (κ2) is 9.37. The maximum absolute atomic E-state index is 14.0. The minimum absolute atomic E-state index is 0.0887. The maximum atomic E-state index is 14.0. The normalized spacial score (nSPS) is 17.5. The first kappa shape index (κ1) is 23.4. The number of anilines is 1. The Bertz CT molecular complexity index is 1190. The zero-order valence-corrected chi connectivity index (χ0v) is 18.7. The summed E-state index contributed by atoms with van der Waals surface area (Å²) in [5, 5.41) is 3.36. The Kier molecular flexibility index (Phi) is 6.26. The van der Waals surface area contributed by atoms with Gasteiger partial charge in [-0.15, -0.1) is 0 Å². The van der Waals surface area contributed by atoms with Crippen LogP contribution in [0.5, 0.6) is 0 Å². The van der Waals surface area contributed by atoms with Gasteiger partial charge in [0, 0.05) is 29.4 Å². The first-order valence-corrected chi connectivity index (χ1v) is 11.4. The molecule has 184 valence electrons. The van der Waals surface area contributed by atoms with Gasteiger partial charge in [-0.2, -0.15) is 18.2 Å². The van der Waals surface area contributed by atoms with E-state index in [1.807, 2.05) is 0 Å². The molecule has 3 aromatic rings. The number of amides is 1. The number of aromatic nitrogens is 3. The fourth-order valence-corrected chi connectivity index (χ4v) is 4.38. The molecule has 5 rings (SSSR count). The molecule has 0 radical (unpaired) electrons. The molecule has 2 fully saturated rings. The van der Waals surface area contributed by atoms with Crippen LogP contribution in [0.4, 0.5) is 23.2 Å². The lowest BCUT2D eigenvalue weighted by Crippen LogP contribution is -2.43. The van der Waals surface area contributed by atoms with Crippen molar-refractivity contribution in [3.8, 4) is 11.4 Å². The van der Waals surface area contributed by atoms with Gasteiger partial charge in [0.1, 0.15) is 5.82 Å². The van der Waals surface area contributed by atoms with Crippen molar-refractivity contribution in [2.24, 2.45) is 5.92 Å². The molecule has 1 saturated heterocycles. The lowest BCUT2D eigenvalue weighted by Gasteiger charge is -2.34. The summed E-state index contributed by atoms with van der Waals surface area (Å²) in [7, 11) is 0. The van der Waals surface area contributed by atoms with Gasteiger partial charge >= 0.3 is 12.1 Å². The second-order valence-corrected chi connectivity index (χ2v) is 8.90. The monoisotopic (exact) mass is 489 g/mol. The highest BCUT2D eigenvalue weighted by Gasteiger charge is 2.39. The molecule has 0 spiro atoms. The van der Waals surface area contributed by atoms with Gasteiger partial charge in [-0.25, -0.2) is 4.39 Å². The molecule has 35 heavy (non-hydrogen) atoms. The highest BCUT2D eigenvalue weighted by molar-refractivity contribution is 5.95. The van der Waals surface area contributed by atoms with E-state index in [2.05, 4.69) is 24.5 Å². The van der Waals surface area contributed by atoms with Gasteiger partial charge in [-0.1, -0.05) is 11.2 Å². The summed E-state index contributed by atoms with van der Waals surface area (Å²) in [4.78, 5) is 25.1. The summed E-state index contributed by atoms with van der Waals surface area (Å²) >= 11 is 0. The summed E-state index contributed by atoms with van der Waals surface area (Å²) in [6.45, 7) is 1.83. The van der Waals surface area contributed by atoms with Crippen molar-refractivity contribution in [2.45, 2.75) is 44.4 Å². The van der Waals surface area contributed by atoms with Crippen LogP contribution in [0.15, 0.2) is 47.1 Å². The number of piperidine rings is 1. The fraction of sp³-hybridized carbons (Fsp3) is 0.417. The van der Waals surface area contributed by atoms with E-state index in [4.69, 9.17) is 0 Å². The van der Waals surface area contributed by atoms with Crippen molar-refractivity contribution in [1.29, 1.82) is 0 Å². The Labute approximate surface area is 198 Å². The number of hydrogen-bond donors (Lipinski definition) is 0. The molecule has 0 unspecified atom stereocenters. The summed E-state index contributed by atoms with van der Waals surface area (Å²) in [5.74, 6) is -2.40. The number of nitrogens with zero attached hydrogens (tertiary/aromatic N) is 5. The van der Waals surface area contributed by atoms with Crippen LogP contribution in [-0.2, 0) is 17.5 Å². The third-order valence-corrected chi connectivity index (χ3v) is 6.40. The number of hydrogen-bond acceptors (Lipinski definition) is 6. The molecule has 0 N–H and O–H groups in total. The molecule has 1 aliphatic carbocycles. The van der Waals surface area contributed by atoms with Crippen LogP contribution in [0.1, 0.15) is 37.3 Å². The third-order valence-electron chi connectivity index (χ3n) is 6.40. The molecule has 1 amide bonds. The van der Waals surface area contributed by atoms with Gasteiger partial charge in [0.15, 0.2) is 0 Å². The number of carbonyl (C=O) groups excluding carboxylic acids is 1. The molecule has 2 aliphatic rings. The lowest BCUT2D eigenvalue weighted by atomic mass is 9.94. The molecule has 3 heterocycles. The van der Waals surface area contributed by atoms with E-state index >= 15 is 0 Å². The zero-order valence-electron chi connectivity index (χ0n) is 18.7. The van der Waals surface area contributed by atoms with Crippen LogP contribution in [0.2, 0.25) is 0 Å². The summed E-state index contributed by atoms with van der Waals surface area (Å²) in [6, 6.07) is 9.58. The molecule has 2 aromatic heterocycles. The SMILES string of the molecule is O=C(C1CCN(C2CC2)CC1)N(Cc1ccc(-c2noc(C(F)(F)F)n2)cn1)c1cccc(F)c1. The predicted octanol–water partition coefficient (Wildman–Crippen LogP) is 4.70. The molecule has 1 aromatic carbocycles. The van der Waals surface area contributed by atoms with Gasteiger partial charge in [0.2, 0.25) is 11.7 Å². The average molecular weight is 489 g/mol. The molecule has 0 bridgehead atoms. The van der Waals surface area contributed by atoms with Crippen LogP contribution in [0, 0.1) is 11.7 Å². The fourth-order valence-electron chi connectivity index (χ4n) is 4.38. The number of pyridine rings is 1. The van der Waals surface area contributed by atoms with Crippen LogP contribution in [0.25, 0.3) is 11.4 Å². The van der Waals surface area contributed by atoms with Gasteiger partial charge < -0.3 is 14.3 Å². The van der Waals surface area contributed by atoms with Crippen LogP contribution < -0.4 is 4.90 Å². The van der Waals surface area contributed by atoms with Crippen molar-refractivity contribution < 1.29 is 26.9 Å². The predicted molar refractivity (Wildman–Crippen MR) is 117 cm³/mol. The maximum Gasteiger partial charge on any atom is 0.471 e. The highest BCUT2D eigenvalue weighted by Crippen LogP contribution is 2.33. The second-order valence-electron chi connectivity index (χ2n) is 8.90. The van der Waals surface area contributed by atoms with Crippen molar-refractivity contribution in [3.63, 3.8) is 0 Å². The number of benzene rings is 1. The van der Waals surface area contributed by atoms with E-state index in [9.17, 15) is 22.4 Å². The molecule has 1 saturated carbocycles. The largest absolute Gasteiger partial charge is 0.471 e. The lowest BCUT2D eigenvalue weighted by molar-refractivity contribution is -0.159. The minimum Gasteiger partial charge on any atom is -0.329 e. The van der Waals surface area contributed by atoms with Gasteiger partial charge in [-0.3, -0.25) is 9.78 Å². The Morgan fingerprint density at radius 2 is 1.89 bits per heavy atom. The number of carbonyl (C=O) groups is 1. The molecule has 0 atom stereocenters. The third kappa shape index (κ3) is 5.34. The molecular weight excluding hydrogens is 466 g/mol. The van der Waals surface area contributed by atoms with E-state index in [-0.39, 0.29) is 29.8 Å². The van der Waals surface area contributed by atoms with E-state index in [0.29, 0.717) is 17.4 Å². The molecule has 1 aliphatic heterocycles. The summed E-state index contributed by atoms with van der Waals surface area (Å²) in [5.41, 5.74) is 1.16. The Morgan fingerprint density at radius 1 is 1.11 bits per heavy atom. The molecular formula is C24H23F4N5O2. The Hall–Kier alpha value is -3.34. The molecule has 7 nitrogen and oxygen atoms in total.